The smallest absolute Gasteiger partial charge is 0.0737 e. The van der Waals surface area contributed by atoms with Crippen LogP contribution in [0, 0.1) is 0 Å². The molecule has 0 aliphatic carbocycles. The van der Waals surface area contributed by atoms with Gasteiger partial charge in [0, 0.05) is 0 Å². The average Bonchev–Trinajstić information content (AvgIpc) is 2.63. The molecule has 0 aromatic rings. The van der Waals surface area contributed by atoms with E-state index >= 15 is 0 Å². The Morgan fingerprint density at radius 2 is 1.20 bits per heavy atom. The summed E-state index contributed by atoms with van der Waals surface area (Å²) >= 11 is 0. The molecule has 0 bridgehead atoms. The van der Waals surface area contributed by atoms with E-state index in [-0.39, 0.29) is 0 Å². The first kappa shape index (κ1) is 14.9. The molecule has 2 atom stereocenters. The molecule has 2 aliphatic heterocycles. The normalized spacial score (nSPS) is 34.4. The standard InChI is InChI=1S/C5H8S10/c1(4-10-6-2-8-14-12-4)5-11-7-3-9-15-13-5/h4-5H,1-3H2. The molecule has 2 unspecified atom stereocenters. The molecule has 15 heavy (non-hydrogen) atoms. The SMILES string of the molecule is C1SSSC(CC2SSCSSS2)SS1. The summed E-state index contributed by atoms with van der Waals surface area (Å²) in [5, 5.41) is 2.45. The average molecular weight is 389 g/mol. The first-order chi connectivity index (χ1) is 7.45. The molecule has 10 heteroatoms. The molecule has 2 fully saturated rings. The van der Waals surface area contributed by atoms with Crippen LogP contribution in [0.3, 0.4) is 0 Å². The Kier molecular flexibility index (Phi) is 9.35. The third-order valence-electron chi connectivity index (χ3n) is 1.32. The summed E-state index contributed by atoms with van der Waals surface area (Å²) < 4.78 is 1.54. The fourth-order valence-electron chi connectivity index (χ4n) is 0.775. The third kappa shape index (κ3) is 6.47. The summed E-state index contributed by atoms with van der Waals surface area (Å²) in [5.74, 6) is 0. The van der Waals surface area contributed by atoms with E-state index < -0.39 is 0 Å². The lowest BCUT2D eigenvalue weighted by molar-refractivity contribution is 1.05. The lowest BCUT2D eigenvalue weighted by Gasteiger charge is -2.16. The Labute approximate surface area is 130 Å². The Bertz CT molecular complexity index is 141. The minimum atomic E-state index is 0.768. The van der Waals surface area contributed by atoms with Gasteiger partial charge >= 0.3 is 0 Å². The highest BCUT2D eigenvalue weighted by atomic mass is 33.5. The highest BCUT2D eigenvalue weighted by molar-refractivity contribution is 9.13. The second-order valence-corrected chi connectivity index (χ2v) is 17.5. The van der Waals surface area contributed by atoms with Gasteiger partial charge in [0.1, 0.15) is 0 Å². The lowest BCUT2D eigenvalue weighted by Crippen LogP contribution is -2.02. The van der Waals surface area contributed by atoms with Crippen LogP contribution in [0.15, 0.2) is 0 Å². The molecular weight excluding hydrogens is 381 g/mol. The molecule has 2 rings (SSSR count). The van der Waals surface area contributed by atoms with Gasteiger partial charge in [0.2, 0.25) is 0 Å². The molecule has 2 saturated heterocycles. The zero-order chi connectivity index (χ0) is 10.3. The van der Waals surface area contributed by atoms with Gasteiger partial charge in [-0.15, -0.1) is 0 Å². The zero-order valence-electron chi connectivity index (χ0n) is 7.36. The van der Waals surface area contributed by atoms with Crippen molar-refractivity contribution < 1.29 is 0 Å². The van der Waals surface area contributed by atoms with E-state index in [1.54, 1.807) is 0 Å². The highest BCUT2D eigenvalue weighted by Crippen LogP contribution is 2.58. The molecule has 2 aliphatic rings. The minimum absolute atomic E-state index is 0.768. The van der Waals surface area contributed by atoms with Gasteiger partial charge in [0.05, 0.1) is 19.3 Å². The molecule has 0 aromatic carbocycles. The Balaban J connectivity index is 1.73. The van der Waals surface area contributed by atoms with Crippen molar-refractivity contribution in [2.45, 2.75) is 15.6 Å². The van der Waals surface area contributed by atoms with Crippen LogP contribution >= 0.6 is 106 Å². The minimum Gasteiger partial charge on any atom is -0.0811 e. The molecular formula is C5H8S10. The van der Waals surface area contributed by atoms with Gasteiger partial charge in [-0.2, -0.15) is 0 Å². The summed E-state index contributed by atoms with van der Waals surface area (Å²) in [6.07, 6.45) is 1.33. The summed E-state index contributed by atoms with van der Waals surface area (Å²) in [4.78, 5) is 0. The fourth-order valence-corrected chi connectivity index (χ4v) is 21.3. The van der Waals surface area contributed by atoms with Crippen molar-refractivity contribution in [2.75, 3.05) is 10.2 Å². The van der Waals surface area contributed by atoms with Crippen LogP contribution in [0.5, 0.6) is 0 Å². The van der Waals surface area contributed by atoms with E-state index in [0.29, 0.717) is 0 Å². The lowest BCUT2D eigenvalue weighted by atomic mass is 10.6. The molecule has 0 spiro atoms. The van der Waals surface area contributed by atoms with Crippen LogP contribution in [0.2, 0.25) is 0 Å². The first-order valence-electron chi connectivity index (χ1n) is 3.91. The highest BCUT2D eigenvalue weighted by Gasteiger charge is 2.23. The number of hydrogen-bond donors (Lipinski definition) is 0. The molecule has 0 radical (unpaired) electrons. The second kappa shape index (κ2) is 9.41. The van der Waals surface area contributed by atoms with Gasteiger partial charge in [-0.1, -0.05) is 86.4 Å². The van der Waals surface area contributed by atoms with Crippen LogP contribution in [0.1, 0.15) is 6.42 Å². The van der Waals surface area contributed by atoms with Crippen molar-refractivity contribution in [3.05, 3.63) is 0 Å². The number of hydrogen-bond acceptors (Lipinski definition) is 10. The largest absolute Gasteiger partial charge is 0.0811 e. The van der Waals surface area contributed by atoms with Crippen LogP contribution in [0.25, 0.3) is 0 Å². The maximum atomic E-state index is 2.07. The summed E-state index contributed by atoms with van der Waals surface area (Å²) in [6.45, 7) is 0. The molecule has 0 nitrogen and oxygen atoms in total. The van der Waals surface area contributed by atoms with Crippen molar-refractivity contribution in [3.63, 3.8) is 0 Å². The second-order valence-electron chi connectivity index (χ2n) is 2.32. The Morgan fingerprint density at radius 3 is 1.73 bits per heavy atom. The monoisotopic (exact) mass is 388 g/mol. The molecule has 0 amide bonds. The van der Waals surface area contributed by atoms with E-state index in [2.05, 4.69) is 43.2 Å². The van der Waals surface area contributed by atoms with E-state index in [1.807, 2.05) is 62.8 Å². The van der Waals surface area contributed by atoms with Crippen LogP contribution in [0.4, 0.5) is 0 Å². The molecule has 0 N–H and O–H groups in total. The van der Waals surface area contributed by atoms with E-state index in [4.69, 9.17) is 0 Å². The summed E-state index contributed by atoms with van der Waals surface area (Å²) in [6, 6.07) is 0. The van der Waals surface area contributed by atoms with E-state index in [9.17, 15) is 0 Å². The predicted molar refractivity (Wildman–Crippen MR) is 97.8 cm³/mol. The summed E-state index contributed by atoms with van der Waals surface area (Å²) in [7, 11) is 20.2. The van der Waals surface area contributed by atoms with Crippen LogP contribution in [-0.4, -0.2) is 19.3 Å². The quantitative estimate of drug-likeness (QED) is 0.461. The van der Waals surface area contributed by atoms with Crippen molar-refractivity contribution >= 4 is 106 Å². The molecule has 88 valence electrons. The van der Waals surface area contributed by atoms with Crippen molar-refractivity contribution in [1.29, 1.82) is 0 Å². The van der Waals surface area contributed by atoms with E-state index in [0.717, 1.165) is 9.16 Å². The van der Waals surface area contributed by atoms with Crippen molar-refractivity contribution in [3.8, 4) is 0 Å². The van der Waals surface area contributed by atoms with Gasteiger partial charge in [-0.25, -0.2) is 0 Å². The van der Waals surface area contributed by atoms with Gasteiger partial charge in [-0.3, -0.25) is 0 Å². The topological polar surface area (TPSA) is 0 Å². The van der Waals surface area contributed by atoms with Gasteiger partial charge in [0.15, 0.2) is 0 Å². The molecule has 0 saturated carbocycles. The van der Waals surface area contributed by atoms with E-state index in [1.165, 1.54) is 16.6 Å². The van der Waals surface area contributed by atoms with Crippen LogP contribution < -0.4 is 0 Å². The van der Waals surface area contributed by atoms with Gasteiger partial charge in [0.25, 0.3) is 0 Å². The Morgan fingerprint density at radius 1 is 0.667 bits per heavy atom. The third-order valence-corrected chi connectivity index (χ3v) is 19.0. The van der Waals surface area contributed by atoms with Gasteiger partial charge in [-0.05, 0) is 26.1 Å². The zero-order valence-corrected chi connectivity index (χ0v) is 15.5. The van der Waals surface area contributed by atoms with Crippen LogP contribution in [-0.2, 0) is 0 Å². The maximum absolute atomic E-state index is 2.07. The predicted octanol–water partition coefficient (Wildman–Crippen LogP) is 6.79. The molecule has 2 heterocycles. The first-order valence-corrected chi connectivity index (χ1v) is 16.1. The number of rotatable bonds is 2. The van der Waals surface area contributed by atoms with Crippen molar-refractivity contribution in [1.82, 2.24) is 0 Å². The maximum Gasteiger partial charge on any atom is 0.0737 e. The summed E-state index contributed by atoms with van der Waals surface area (Å²) in [5.41, 5.74) is 0. The van der Waals surface area contributed by atoms with Gasteiger partial charge < -0.3 is 0 Å². The van der Waals surface area contributed by atoms with Crippen molar-refractivity contribution in [2.24, 2.45) is 0 Å². The fraction of sp³-hybridized carbons (Fsp3) is 1.00. The Hall–Kier alpha value is 3.50. The molecule has 0 aromatic heterocycles.